The van der Waals surface area contributed by atoms with Gasteiger partial charge in [-0.2, -0.15) is 5.10 Å². The molecule has 0 spiro atoms. The lowest BCUT2D eigenvalue weighted by Gasteiger charge is -2.22. The van der Waals surface area contributed by atoms with Crippen molar-refractivity contribution in [3.05, 3.63) is 64.2 Å². The van der Waals surface area contributed by atoms with Gasteiger partial charge in [0.2, 0.25) is 0 Å². The normalized spacial score (nSPS) is 15.8. The van der Waals surface area contributed by atoms with Gasteiger partial charge in [-0.1, -0.05) is 18.2 Å². The van der Waals surface area contributed by atoms with Crippen LogP contribution in [0.3, 0.4) is 0 Å². The Morgan fingerprint density at radius 2 is 1.89 bits per heavy atom. The monoisotopic (exact) mass is 478 g/mol. The van der Waals surface area contributed by atoms with E-state index in [0.717, 1.165) is 11.1 Å². The van der Waals surface area contributed by atoms with E-state index in [9.17, 15) is 14.4 Å². The third-order valence-electron chi connectivity index (χ3n) is 5.68. The van der Waals surface area contributed by atoms with Gasteiger partial charge in [0, 0.05) is 31.7 Å². The SMILES string of the molecule is Cn1nc(CNc2ccc(C(=O)N3CCC(NC(=O)OC(C)(C)C)C3)cn2)c2ccccc2c1=O. The van der Waals surface area contributed by atoms with Crippen LogP contribution in [0.1, 0.15) is 43.2 Å². The standard InChI is InChI=1S/C25H30N6O4/c1-25(2,3)35-24(34)28-17-11-12-31(15-17)22(32)16-9-10-21(26-13-16)27-14-20-18-7-5-6-8-19(18)23(33)30(4)29-20/h5-10,13,17H,11-12,14-15H2,1-4H3,(H,26,27)(H,28,34). The first-order chi connectivity index (χ1) is 16.6. The molecule has 10 nitrogen and oxygen atoms in total. The molecule has 10 heteroatoms. The smallest absolute Gasteiger partial charge is 0.407 e. The highest BCUT2D eigenvalue weighted by atomic mass is 16.6. The zero-order valence-corrected chi connectivity index (χ0v) is 20.4. The van der Waals surface area contributed by atoms with E-state index in [-0.39, 0.29) is 17.5 Å². The first kappa shape index (κ1) is 24.2. The van der Waals surface area contributed by atoms with Gasteiger partial charge in [-0.15, -0.1) is 0 Å². The van der Waals surface area contributed by atoms with Crippen molar-refractivity contribution in [1.29, 1.82) is 0 Å². The zero-order chi connectivity index (χ0) is 25.2. The van der Waals surface area contributed by atoms with E-state index in [1.54, 1.807) is 30.1 Å². The molecule has 1 aromatic carbocycles. The highest BCUT2D eigenvalue weighted by molar-refractivity contribution is 5.94. The highest BCUT2D eigenvalue weighted by Crippen LogP contribution is 2.17. The van der Waals surface area contributed by atoms with E-state index in [2.05, 4.69) is 20.7 Å². The van der Waals surface area contributed by atoms with Crippen molar-refractivity contribution in [2.45, 2.75) is 45.4 Å². The summed E-state index contributed by atoms with van der Waals surface area (Å²) in [5.41, 5.74) is 0.486. The number of likely N-dealkylation sites (tertiary alicyclic amines) is 1. The van der Waals surface area contributed by atoms with Crippen LogP contribution in [0, 0.1) is 0 Å². The summed E-state index contributed by atoms with van der Waals surface area (Å²) >= 11 is 0. The summed E-state index contributed by atoms with van der Waals surface area (Å²) in [6.45, 7) is 6.77. The molecule has 2 N–H and O–H groups in total. The van der Waals surface area contributed by atoms with E-state index < -0.39 is 11.7 Å². The maximum absolute atomic E-state index is 12.9. The number of ether oxygens (including phenoxy) is 1. The molecular formula is C25H30N6O4. The summed E-state index contributed by atoms with van der Waals surface area (Å²) in [4.78, 5) is 43.3. The summed E-state index contributed by atoms with van der Waals surface area (Å²) in [5.74, 6) is 0.454. The second kappa shape index (κ2) is 9.73. The van der Waals surface area contributed by atoms with Gasteiger partial charge in [0.1, 0.15) is 11.4 Å². The van der Waals surface area contributed by atoms with Gasteiger partial charge >= 0.3 is 6.09 Å². The minimum atomic E-state index is -0.569. The summed E-state index contributed by atoms with van der Waals surface area (Å²) in [6.07, 6.45) is 1.72. The van der Waals surface area contributed by atoms with Crippen molar-refractivity contribution in [2.75, 3.05) is 18.4 Å². The number of hydrogen-bond donors (Lipinski definition) is 2. The van der Waals surface area contributed by atoms with Crippen LogP contribution in [0.25, 0.3) is 10.8 Å². The van der Waals surface area contributed by atoms with Crippen molar-refractivity contribution in [1.82, 2.24) is 25.0 Å². The maximum Gasteiger partial charge on any atom is 0.407 e. The summed E-state index contributed by atoms with van der Waals surface area (Å²) < 4.78 is 6.62. The van der Waals surface area contributed by atoms with E-state index in [0.29, 0.717) is 42.8 Å². The predicted molar refractivity (Wildman–Crippen MR) is 132 cm³/mol. The molecule has 184 valence electrons. The Morgan fingerprint density at radius 3 is 2.57 bits per heavy atom. The second-order valence-corrected chi connectivity index (χ2v) is 9.59. The van der Waals surface area contributed by atoms with E-state index in [1.165, 1.54) is 10.9 Å². The molecule has 3 aromatic rings. The number of aryl methyl sites for hydroxylation is 1. The first-order valence-electron chi connectivity index (χ1n) is 11.5. The number of pyridine rings is 1. The van der Waals surface area contributed by atoms with Crippen LogP contribution in [0.5, 0.6) is 0 Å². The van der Waals surface area contributed by atoms with Gasteiger partial charge in [-0.05, 0) is 45.4 Å². The summed E-state index contributed by atoms with van der Waals surface area (Å²) in [5, 5.41) is 11.8. The van der Waals surface area contributed by atoms with Crippen LogP contribution in [-0.4, -0.2) is 56.4 Å². The summed E-state index contributed by atoms with van der Waals surface area (Å²) in [7, 11) is 1.63. The van der Waals surface area contributed by atoms with Crippen LogP contribution in [0.4, 0.5) is 10.6 Å². The molecule has 4 rings (SSSR count). The predicted octanol–water partition coefficient (Wildman–Crippen LogP) is 2.68. The number of carbonyl (C=O) groups excluding carboxylic acids is 2. The number of anilines is 1. The molecule has 1 aliphatic heterocycles. The minimum Gasteiger partial charge on any atom is -0.444 e. The average molecular weight is 479 g/mol. The molecule has 0 radical (unpaired) electrons. The number of fused-ring (bicyclic) bond motifs is 1. The van der Waals surface area contributed by atoms with Gasteiger partial charge in [0.15, 0.2) is 0 Å². The fourth-order valence-electron chi connectivity index (χ4n) is 4.03. The fourth-order valence-corrected chi connectivity index (χ4v) is 4.03. The maximum atomic E-state index is 12.9. The van der Waals surface area contributed by atoms with Crippen molar-refractivity contribution >= 4 is 28.6 Å². The summed E-state index contributed by atoms with van der Waals surface area (Å²) in [6, 6.07) is 10.7. The number of aromatic nitrogens is 3. The number of rotatable bonds is 5. The van der Waals surface area contributed by atoms with Gasteiger partial charge in [0.05, 0.1) is 29.2 Å². The molecular weight excluding hydrogens is 448 g/mol. The van der Waals surface area contributed by atoms with E-state index >= 15 is 0 Å². The number of carbonyl (C=O) groups is 2. The van der Waals surface area contributed by atoms with Crippen molar-refractivity contribution in [3.8, 4) is 0 Å². The number of hydrogen-bond acceptors (Lipinski definition) is 7. The molecule has 35 heavy (non-hydrogen) atoms. The minimum absolute atomic E-state index is 0.136. The topological polar surface area (TPSA) is 118 Å². The lowest BCUT2D eigenvalue weighted by atomic mass is 10.1. The van der Waals surface area contributed by atoms with E-state index in [1.807, 2.05) is 39.0 Å². The Balaban J connectivity index is 1.35. The Hall–Kier alpha value is -3.95. The molecule has 3 heterocycles. The van der Waals surface area contributed by atoms with Crippen molar-refractivity contribution in [2.24, 2.45) is 7.05 Å². The van der Waals surface area contributed by atoms with Crippen molar-refractivity contribution in [3.63, 3.8) is 0 Å². The molecule has 1 saturated heterocycles. The molecule has 1 atom stereocenters. The molecule has 0 aliphatic carbocycles. The van der Waals surface area contributed by atoms with Crippen LogP contribution in [0.2, 0.25) is 0 Å². The van der Waals surface area contributed by atoms with Crippen molar-refractivity contribution < 1.29 is 14.3 Å². The van der Waals surface area contributed by atoms with Gasteiger partial charge in [0.25, 0.3) is 11.5 Å². The second-order valence-electron chi connectivity index (χ2n) is 9.59. The number of alkyl carbamates (subject to hydrolysis) is 1. The number of benzene rings is 1. The highest BCUT2D eigenvalue weighted by Gasteiger charge is 2.29. The molecule has 2 aromatic heterocycles. The lowest BCUT2D eigenvalue weighted by molar-refractivity contribution is 0.0502. The van der Waals surface area contributed by atoms with Gasteiger partial charge in [-0.3, -0.25) is 9.59 Å². The van der Waals surface area contributed by atoms with Crippen LogP contribution < -0.4 is 16.2 Å². The molecule has 1 unspecified atom stereocenters. The third kappa shape index (κ3) is 5.76. The Labute approximate surface area is 203 Å². The Kier molecular flexibility index (Phi) is 6.72. The number of amides is 2. The molecule has 0 bridgehead atoms. The van der Waals surface area contributed by atoms with Gasteiger partial charge in [-0.25, -0.2) is 14.5 Å². The third-order valence-corrected chi connectivity index (χ3v) is 5.68. The molecule has 2 amide bonds. The molecule has 1 fully saturated rings. The average Bonchev–Trinajstić information content (AvgIpc) is 3.27. The fraction of sp³-hybridized carbons (Fsp3) is 0.400. The lowest BCUT2D eigenvalue weighted by Crippen LogP contribution is -2.41. The Morgan fingerprint density at radius 1 is 1.14 bits per heavy atom. The number of nitrogens with zero attached hydrogens (tertiary/aromatic N) is 4. The largest absolute Gasteiger partial charge is 0.444 e. The first-order valence-corrected chi connectivity index (χ1v) is 11.5. The van der Waals surface area contributed by atoms with Gasteiger partial charge < -0.3 is 20.3 Å². The zero-order valence-electron chi connectivity index (χ0n) is 20.4. The van der Waals surface area contributed by atoms with Crippen LogP contribution in [-0.2, 0) is 18.3 Å². The Bertz CT molecular complexity index is 1300. The molecule has 1 aliphatic rings. The van der Waals surface area contributed by atoms with Crippen LogP contribution in [0.15, 0.2) is 47.4 Å². The van der Waals surface area contributed by atoms with Crippen LogP contribution >= 0.6 is 0 Å². The quantitative estimate of drug-likeness (QED) is 0.579. The number of nitrogens with one attached hydrogen (secondary N) is 2. The molecule has 0 saturated carbocycles. The van der Waals surface area contributed by atoms with E-state index in [4.69, 9.17) is 4.74 Å².